The summed E-state index contributed by atoms with van der Waals surface area (Å²) >= 11 is 0. The second-order valence-corrected chi connectivity index (χ2v) is 7.78. The first-order valence-electron chi connectivity index (χ1n) is 10.8. The van der Waals surface area contributed by atoms with Crippen LogP contribution in [0.2, 0.25) is 0 Å². The van der Waals surface area contributed by atoms with Crippen molar-refractivity contribution in [3.63, 3.8) is 0 Å². The number of piperazine rings is 1. The van der Waals surface area contributed by atoms with Crippen molar-refractivity contribution >= 4 is 11.7 Å². The third-order valence-electron chi connectivity index (χ3n) is 5.79. The number of carbonyl (C=O) groups is 1. The second kappa shape index (κ2) is 9.25. The van der Waals surface area contributed by atoms with Gasteiger partial charge >= 0.3 is 0 Å². The first kappa shape index (κ1) is 21.0. The van der Waals surface area contributed by atoms with Crippen molar-refractivity contribution in [2.75, 3.05) is 31.1 Å². The quantitative estimate of drug-likeness (QED) is 0.626. The van der Waals surface area contributed by atoms with Crippen LogP contribution in [0.3, 0.4) is 0 Å². The average Bonchev–Trinajstić information content (AvgIpc) is 2.81. The summed E-state index contributed by atoms with van der Waals surface area (Å²) in [4.78, 5) is 25.7. The maximum Gasteiger partial charge on any atom is 0.219 e. The summed E-state index contributed by atoms with van der Waals surface area (Å²) in [5, 5.41) is 0. The summed E-state index contributed by atoms with van der Waals surface area (Å²) in [6.45, 7) is 6.36. The van der Waals surface area contributed by atoms with Crippen molar-refractivity contribution in [1.82, 2.24) is 14.9 Å². The summed E-state index contributed by atoms with van der Waals surface area (Å²) in [6, 6.07) is 16.8. The minimum absolute atomic E-state index is 0.0909. The summed E-state index contributed by atoms with van der Waals surface area (Å²) in [6.07, 6.45) is 1.17. The minimum Gasteiger partial charge on any atom is -0.353 e. The number of rotatable bonds is 5. The number of carbonyl (C=O) groups excluding carboxylic acids is 1. The molecule has 0 saturated carbocycles. The van der Waals surface area contributed by atoms with Crippen LogP contribution >= 0.6 is 0 Å². The van der Waals surface area contributed by atoms with E-state index < -0.39 is 0 Å². The van der Waals surface area contributed by atoms with Gasteiger partial charge in [-0.05, 0) is 18.1 Å². The fourth-order valence-electron chi connectivity index (χ4n) is 4.03. The molecule has 1 aliphatic rings. The molecule has 0 spiro atoms. The summed E-state index contributed by atoms with van der Waals surface area (Å²) in [5.74, 6) is 1.40. The predicted molar refractivity (Wildman–Crippen MR) is 121 cm³/mol. The Kier molecular flexibility index (Phi) is 6.26. The molecule has 0 atom stereocenters. The first-order chi connectivity index (χ1) is 15.1. The Balaban J connectivity index is 1.78. The molecule has 0 aliphatic carbocycles. The molecule has 0 bridgehead atoms. The van der Waals surface area contributed by atoms with Gasteiger partial charge in [0.05, 0.1) is 0 Å². The van der Waals surface area contributed by atoms with Crippen molar-refractivity contribution in [2.45, 2.75) is 26.7 Å². The van der Waals surface area contributed by atoms with Gasteiger partial charge in [0.2, 0.25) is 5.91 Å². The zero-order valence-electron chi connectivity index (χ0n) is 18.0. The van der Waals surface area contributed by atoms with Gasteiger partial charge in [0.1, 0.15) is 11.6 Å². The molecule has 0 N–H and O–H groups in total. The second-order valence-electron chi connectivity index (χ2n) is 7.78. The topological polar surface area (TPSA) is 49.3 Å². The normalized spacial score (nSPS) is 14.0. The lowest BCUT2D eigenvalue weighted by Crippen LogP contribution is -2.48. The highest BCUT2D eigenvalue weighted by Crippen LogP contribution is 2.29. The number of anilines is 1. The molecular formula is C25H27FN4O. The highest BCUT2D eigenvalue weighted by molar-refractivity contribution is 5.73. The Morgan fingerprint density at radius 1 is 0.968 bits per heavy atom. The number of aromatic nitrogens is 2. The van der Waals surface area contributed by atoms with E-state index in [2.05, 4.69) is 11.8 Å². The molecule has 2 heterocycles. The van der Waals surface area contributed by atoms with Gasteiger partial charge in [0.25, 0.3) is 0 Å². The van der Waals surface area contributed by atoms with Gasteiger partial charge in [-0.1, -0.05) is 55.5 Å². The van der Waals surface area contributed by atoms with Crippen LogP contribution in [0.5, 0.6) is 0 Å². The lowest BCUT2D eigenvalue weighted by Gasteiger charge is -2.36. The Hall–Kier alpha value is -3.28. The molecule has 4 rings (SSSR count). The van der Waals surface area contributed by atoms with E-state index >= 15 is 0 Å². The predicted octanol–water partition coefficient (Wildman–Crippen LogP) is 4.10. The van der Waals surface area contributed by atoms with E-state index in [0.717, 1.165) is 29.1 Å². The van der Waals surface area contributed by atoms with Gasteiger partial charge in [-0.15, -0.1) is 0 Å². The lowest BCUT2D eigenvalue weighted by atomic mass is 10.0. The number of nitrogens with zero attached hydrogens (tertiary/aromatic N) is 4. The molecule has 31 heavy (non-hydrogen) atoms. The Bertz CT molecular complexity index is 1060. The van der Waals surface area contributed by atoms with Gasteiger partial charge in [0, 0.05) is 56.3 Å². The number of aryl methyl sites for hydroxylation is 1. The molecule has 160 valence electrons. The fraction of sp³-hybridized carbons (Fsp3) is 0.320. The first-order valence-corrected chi connectivity index (χ1v) is 10.8. The van der Waals surface area contributed by atoms with Gasteiger partial charge in [-0.3, -0.25) is 4.79 Å². The molecule has 1 amide bonds. The lowest BCUT2D eigenvalue weighted by molar-refractivity contribution is -0.129. The van der Waals surface area contributed by atoms with E-state index in [4.69, 9.17) is 9.97 Å². The number of halogens is 1. The Morgan fingerprint density at radius 3 is 2.29 bits per heavy atom. The third-order valence-corrected chi connectivity index (χ3v) is 5.79. The maximum atomic E-state index is 14.5. The van der Waals surface area contributed by atoms with Crippen LogP contribution < -0.4 is 4.90 Å². The van der Waals surface area contributed by atoms with Crippen LogP contribution in [-0.2, 0) is 17.6 Å². The summed E-state index contributed by atoms with van der Waals surface area (Å²) in [7, 11) is 0. The van der Waals surface area contributed by atoms with Crippen molar-refractivity contribution < 1.29 is 9.18 Å². The standard InChI is InChI=1S/C25H27FN4O/c1-3-23-21(17-20-11-7-8-12-22(20)26)25(30-15-13-29(14-16-30)18(2)31)28-24(27-23)19-9-5-4-6-10-19/h4-12H,3,13-17H2,1-2H3. The van der Waals surface area contributed by atoms with Gasteiger partial charge < -0.3 is 9.80 Å². The maximum absolute atomic E-state index is 14.5. The number of hydrogen-bond acceptors (Lipinski definition) is 4. The Labute approximate surface area is 182 Å². The van der Waals surface area contributed by atoms with Crippen molar-refractivity contribution in [3.8, 4) is 11.4 Å². The zero-order chi connectivity index (χ0) is 21.8. The molecule has 1 aliphatic heterocycles. The molecule has 0 unspecified atom stereocenters. The molecule has 1 saturated heterocycles. The minimum atomic E-state index is -0.218. The fourth-order valence-corrected chi connectivity index (χ4v) is 4.03. The van der Waals surface area contributed by atoms with Crippen LogP contribution in [0.4, 0.5) is 10.2 Å². The van der Waals surface area contributed by atoms with Crippen LogP contribution in [0.1, 0.15) is 30.7 Å². The van der Waals surface area contributed by atoms with Crippen molar-refractivity contribution in [2.24, 2.45) is 0 Å². The van der Waals surface area contributed by atoms with E-state index in [0.29, 0.717) is 44.0 Å². The van der Waals surface area contributed by atoms with Gasteiger partial charge in [0.15, 0.2) is 5.82 Å². The molecular weight excluding hydrogens is 391 g/mol. The van der Waals surface area contributed by atoms with Crippen LogP contribution in [0, 0.1) is 5.82 Å². The van der Waals surface area contributed by atoms with E-state index in [-0.39, 0.29) is 11.7 Å². The number of amides is 1. The molecule has 0 radical (unpaired) electrons. The summed E-state index contributed by atoms with van der Waals surface area (Å²) < 4.78 is 14.5. The van der Waals surface area contributed by atoms with Gasteiger partial charge in [-0.25, -0.2) is 14.4 Å². The highest BCUT2D eigenvalue weighted by Gasteiger charge is 2.25. The molecule has 6 heteroatoms. The van der Waals surface area contributed by atoms with Crippen LogP contribution in [-0.4, -0.2) is 47.0 Å². The number of hydrogen-bond donors (Lipinski definition) is 0. The molecule has 1 aromatic heterocycles. The van der Waals surface area contributed by atoms with E-state index in [9.17, 15) is 9.18 Å². The van der Waals surface area contributed by atoms with E-state index in [1.807, 2.05) is 47.4 Å². The molecule has 2 aromatic carbocycles. The zero-order valence-corrected chi connectivity index (χ0v) is 18.0. The average molecular weight is 419 g/mol. The van der Waals surface area contributed by atoms with Crippen molar-refractivity contribution in [1.29, 1.82) is 0 Å². The monoisotopic (exact) mass is 418 g/mol. The molecule has 1 fully saturated rings. The van der Waals surface area contributed by atoms with E-state index in [1.54, 1.807) is 13.0 Å². The van der Waals surface area contributed by atoms with Crippen LogP contribution in [0.25, 0.3) is 11.4 Å². The molecule has 5 nitrogen and oxygen atoms in total. The van der Waals surface area contributed by atoms with Gasteiger partial charge in [-0.2, -0.15) is 0 Å². The van der Waals surface area contributed by atoms with Crippen LogP contribution in [0.15, 0.2) is 54.6 Å². The Morgan fingerprint density at radius 2 is 1.65 bits per heavy atom. The third kappa shape index (κ3) is 4.58. The molecule has 3 aromatic rings. The smallest absolute Gasteiger partial charge is 0.219 e. The summed E-state index contributed by atoms with van der Waals surface area (Å²) in [5.41, 5.74) is 3.49. The largest absolute Gasteiger partial charge is 0.353 e. The highest BCUT2D eigenvalue weighted by atomic mass is 19.1. The SMILES string of the molecule is CCc1nc(-c2ccccc2)nc(N2CCN(C(C)=O)CC2)c1Cc1ccccc1F. The number of benzene rings is 2. The van der Waals surface area contributed by atoms with Crippen molar-refractivity contribution in [3.05, 3.63) is 77.2 Å². The van der Waals surface area contributed by atoms with E-state index in [1.165, 1.54) is 6.07 Å².